The van der Waals surface area contributed by atoms with Gasteiger partial charge in [0, 0.05) is 19.1 Å². The molecule has 2 aromatic rings. The van der Waals surface area contributed by atoms with E-state index in [1.165, 1.54) is 16.7 Å². The summed E-state index contributed by atoms with van der Waals surface area (Å²) in [7, 11) is 2.16. The zero-order chi connectivity index (χ0) is 13.7. The Labute approximate surface area is 115 Å². The number of nitrogens with two attached hydrogens (primary N) is 1. The summed E-state index contributed by atoms with van der Waals surface area (Å²) >= 11 is 0. The fourth-order valence-electron chi connectivity index (χ4n) is 2.27. The van der Waals surface area contributed by atoms with Crippen molar-refractivity contribution >= 4 is 0 Å². The number of rotatable bonds is 5. The monoisotopic (exact) mass is 254 g/mol. The molecule has 19 heavy (non-hydrogen) atoms. The highest BCUT2D eigenvalue weighted by Crippen LogP contribution is 2.20. The fourth-order valence-corrected chi connectivity index (χ4v) is 2.27. The maximum Gasteiger partial charge on any atom is 0.0320 e. The third kappa shape index (κ3) is 3.66. The van der Waals surface area contributed by atoms with E-state index in [9.17, 15) is 0 Å². The minimum absolute atomic E-state index is 0.405. The molecule has 1 atom stereocenters. The Morgan fingerprint density at radius 3 is 2.37 bits per heavy atom. The molecule has 100 valence electrons. The van der Waals surface area contributed by atoms with E-state index in [0.29, 0.717) is 12.6 Å². The van der Waals surface area contributed by atoms with Crippen molar-refractivity contribution in [2.75, 3.05) is 7.05 Å². The molecule has 2 aromatic carbocycles. The van der Waals surface area contributed by atoms with Crippen LogP contribution in [0.5, 0.6) is 0 Å². The van der Waals surface area contributed by atoms with Gasteiger partial charge in [-0.2, -0.15) is 0 Å². The average Bonchev–Trinajstić information content (AvgIpc) is 2.47. The summed E-state index contributed by atoms with van der Waals surface area (Å²) in [5, 5.41) is 0. The molecular weight excluding hydrogens is 232 g/mol. The molecule has 0 aliphatic heterocycles. The van der Waals surface area contributed by atoms with E-state index in [2.05, 4.69) is 73.5 Å². The van der Waals surface area contributed by atoms with Crippen molar-refractivity contribution in [3.63, 3.8) is 0 Å². The number of benzene rings is 2. The van der Waals surface area contributed by atoms with E-state index in [1.54, 1.807) is 0 Å². The lowest BCUT2D eigenvalue weighted by atomic mass is 10.1. The van der Waals surface area contributed by atoms with Crippen LogP contribution in [0.25, 0.3) is 0 Å². The van der Waals surface area contributed by atoms with E-state index < -0.39 is 0 Å². The van der Waals surface area contributed by atoms with Gasteiger partial charge in [-0.3, -0.25) is 4.90 Å². The van der Waals surface area contributed by atoms with Crippen molar-refractivity contribution in [2.24, 2.45) is 5.73 Å². The highest BCUT2D eigenvalue weighted by Gasteiger charge is 2.11. The van der Waals surface area contributed by atoms with E-state index in [4.69, 9.17) is 5.73 Å². The van der Waals surface area contributed by atoms with Crippen LogP contribution in [0.1, 0.15) is 29.7 Å². The van der Waals surface area contributed by atoms with Gasteiger partial charge in [0.05, 0.1) is 0 Å². The summed E-state index contributed by atoms with van der Waals surface area (Å²) < 4.78 is 0. The van der Waals surface area contributed by atoms with E-state index in [-0.39, 0.29) is 0 Å². The summed E-state index contributed by atoms with van der Waals surface area (Å²) in [5.41, 5.74) is 9.54. The number of nitrogens with zero attached hydrogens (tertiary/aromatic N) is 1. The first-order valence-corrected chi connectivity index (χ1v) is 6.74. The predicted molar refractivity (Wildman–Crippen MR) is 80.7 cm³/mol. The zero-order valence-corrected chi connectivity index (χ0v) is 11.7. The van der Waals surface area contributed by atoms with Gasteiger partial charge in [0.1, 0.15) is 0 Å². The molecule has 0 aliphatic carbocycles. The van der Waals surface area contributed by atoms with Gasteiger partial charge in [0.2, 0.25) is 0 Å². The van der Waals surface area contributed by atoms with E-state index >= 15 is 0 Å². The standard InChI is InChI=1S/C17H22N2/c1-14(17-9-4-3-5-10-17)19(2)13-16-8-6-7-15(11-16)12-18/h3-11,14H,12-13,18H2,1-2H3. The van der Waals surface area contributed by atoms with Gasteiger partial charge in [0.15, 0.2) is 0 Å². The first-order chi connectivity index (χ1) is 9.20. The summed E-state index contributed by atoms with van der Waals surface area (Å²) in [4.78, 5) is 2.35. The van der Waals surface area contributed by atoms with Gasteiger partial charge in [-0.15, -0.1) is 0 Å². The molecule has 2 nitrogen and oxygen atoms in total. The van der Waals surface area contributed by atoms with E-state index in [1.807, 2.05) is 0 Å². The highest BCUT2D eigenvalue weighted by molar-refractivity contribution is 5.24. The first-order valence-electron chi connectivity index (χ1n) is 6.74. The third-order valence-electron chi connectivity index (χ3n) is 3.60. The number of hydrogen-bond donors (Lipinski definition) is 1. The minimum Gasteiger partial charge on any atom is -0.326 e. The van der Waals surface area contributed by atoms with Crippen LogP contribution in [0.3, 0.4) is 0 Å². The summed E-state index contributed by atoms with van der Waals surface area (Å²) in [5.74, 6) is 0. The molecule has 0 amide bonds. The van der Waals surface area contributed by atoms with Crippen molar-refractivity contribution in [1.29, 1.82) is 0 Å². The van der Waals surface area contributed by atoms with Crippen LogP contribution in [0.2, 0.25) is 0 Å². The molecule has 0 aliphatic rings. The molecule has 0 fully saturated rings. The number of hydrogen-bond acceptors (Lipinski definition) is 2. The van der Waals surface area contributed by atoms with E-state index in [0.717, 1.165) is 6.54 Å². The second kappa shape index (κ2) is 6.50. The SMILES string of the molecule is CC(c1ccccc1)N(C)Cc1cccc(CN)c1. The Morgan fingerprint density at radius 2 is 1.68 bits per heavy atom. The summed E-state index contributed by atoms with van der Waals surface area (Å²) in [6.45, 7) is 3.78. The zero-order valence-electron chi connectivity index (χ0n) is 11.7. The largest absolute Gasteiger partial charge is 0.326 e. The van der Waals surface area contributed by atoms with Crippen LogP contribution in [-0.2, 0) is 13.1 Å². The third-order valence-corrected chi connectivity index (χ3v) is 3.60. The quantitative estimate of drug-likeness (QED) is 0.886. The molecule has 0 saturated carbocycles. The molecule has 2 rings (SSSR count). The van der Waals surface area contributed by atoms with Gasteiger partial charge >= 0.3 is 0 Å². The van der Waals surface area contributed by atoms with Gasteiger partial charge < -0.3 is 5.73 Å². The molecule has 0 radical (unpaired) electrons. The molecule has 0 aromatic heterocycles. The Balaban J connectivity index is 2.06. The fraction of sp³-hybridized carbons (Fsp3) is 0.294. The van der Waals surface area contributed by atoms with Crippen molar-refractivity contribution < 1.29 is 0 Å². The topological polar surface area (TPSA) is 29.3 Å². The Hall–Kier alpha value is -1.64. The van der Waals surface area contributed by atoms with Crippen LogP contribution in [0, 0.1) is 0 Å². The molecular formula is C17H22N2. The van der Waals surface area contributed by atoms with Crippen molar-refractivity contribution in [3.8, 4) is 0 Å². The molecule has 1 unspecified atom stereocenters. The van der Waals surface area contributed by atoms with Gasteiger partial charge in [0.25, 0.3) is 0 Å². The van der Waals surface area contributed by atoms with Gasteiger partial charge in [-0.05, 0) is 30.7 Å². The van der Waals surface area contributed by atoms with Crippen molar-refractivity contribution in [2.45, 2.75) is 26.1 Å². The lowest BCUT2D eigenvalue weighted by Gasteiger charge is -2.25. The summed E-state index contributed by atoms with van der Waals surface area (Å²) in [6.07, 6.45) is 0. The molecule has 2 N–H and O–H groups in total. The molecule has 0 bridgehead atoms. The van der Waals surface area contributed by atoms with Gasteiger partial charge in [-0.25, -0.2) is 0 Å². The average molecular weight is 254 g/mol. The molecule has 2 heteroatoms. The Morgan fingerprint density at radius 1 is 1.00 bits per heavy atom. The van der Waals surface area contributed by atoms with Crippen LogP contribution in [0.4, 0.5) is 0 Å². The van der Waals surface area contributed by atoms with Crippen LogP contribution in [-0.4, -0.2) is 11.9 Å². The normalized spacial score (nSPS) is 12.6. The Kier molecular flexibility index (Phi) is 4.72. The van der Waals surface area contributed by atoms with Crippen LogP contribution < -0.4 is 5.73 Å². The van der Waals surface area contributed by atoms with Crippen molar-refractivity contribution in [3.05, 3.63) is 71.3 Å². The second-order valence-corrected chi connectivity index (χ2v) is 5.03. The predicted octanol–water partition coefficient (Wildman–Crippen LogP) is 3.34. The lowest BCUT2D eigenvalue weighted by Crippen LogP contribution is -2.22. The van der Waals surface area contributed by atoms with Gasteiger partial charge in [-0.1, -0.05) is 54.6 Å². The molecule has 0 heterocycles. The maximum atomic E-state index is 5.69. The highest BCUT2D eigenvalue weighted by atomic mass is 15.1. The second-order valence-electron chi connectivity index (χ2n) is 5.03. The van der Waals surface area contributed by atoms with Crippen molar-refractivity contribution in [1.82, 2.24) is 4.90 Å². The van der Waals surface area contributed by atoms with Crippen LogP contribution in [0.15, 0.2) is 54.6 Å². The summed E-state index contributed by atoms with van der Waals surface area (Å²) in [6, 6.07) is 19.5. The minimum atomic E-state index is 0.405. The molecule has 0 spiro atoms. The van der Waals surface area contributed by atoms with Crippen LogP contribution >= 0.6 is 0 Å². The Bertz CT molecular complexity index is 508. The first kappa shape index (κ1) is 13.8. The lowest BCUT2D eigenvalue weighted by molar-refractivity contribution is 0.253. The maximum absolute atomic E-state index is 5.69. The smallest absolute Gasteiger partial charge is 0.0320 e. The molecule has 0 saturated heterocycles.